The van der Waals surface area contributed by atoms with Gasteiger partial charge < -0.3 is 15.4 Å². The molecule has 0 unspecified atom stereocenters. The Kier molecular flexibility index (Phi) is 10.1. The molecule has 22 heavy (non-hydrogen) atoms. The van der Waals surface area contributed by atoms with Crippen molar-refractivity contribution in [2.24, 2.45) is 0 Å². The van der Waals surface area contributed by atoms with Crippen molar-refractivity contribution < 1.29 is 9.53 Å². The highest BCUT2D eigenvalue weighted by Gasteiger charge is 2.17. The van der Waals surface area contributed by atoms with Crippen molar-refractivity contribution in [2.45, 2.75) is 64.3 Å². The molecule has 1 fully saturated rings. The summed E-state index contributed by atoms with van der Waals surface area (Å²) in [5.41, 5.74) is 0.150. The van der Waals surface area contributed by atoms with E-state index in [1.54, 1.807) is 0 Å². The molecule has 0 atom stereocenters. The van der Waals surface area contributed by atoms with Gasteiger partial charge in [0.2, 0.25) is 0 Å². The molecule has 0 saturated heterocycles. The average Bonchev–Trinajstić information content (AvgIpc) is 2.54. The Morgan fingerprint density at radius 2 is 2.00 bits per heavy atom. The molecular weight excluding hydrogens is 278 g/mol. The molecule has 2 N–H and O–H groups in total. The first-order chi connectivity index (χ1) is 10.8. The number of amides is 1. The van der Waals surface area contributed by atoms with Gasteiger partial charge in [-0.05, 0) is 25.7 Å². The van der Waals surface area contributed by atoms with Gasteiger partial charge in [0.25, 0.3) is 5.91 Å². The summed E-state index contributed by atoms with van der Waals surface area (Å²) < 4.78 is 5.45. The van der Waals surface area contributed by atoms with E-state index in [9.17, 15) is 4.79 Å². The Hall–Kier alpha value is -1.54. The van der Waals surface area contributed by atoms with E-state index >= 15 is 0 Å². The lowest BCUT2D eigenvalue weighted by Crippen LogP contribution is -2.37. The van der Waals surface area contributed by atoms with E-state index in [1.165, 1.54) is 12.6 Å². The van der Waals surface area contributed by atoms with Crippen molar-refractivity contribution >= 4 is 5.91 Å². The maximum Gasteiger partial charge on any atom is 0.263 e. The molecule has 1 aliphatic carbocycles. The fourth-order valence-corrected chi connectivity index (χ4v) is 2.46. The SMILES string of the molecule is CCCCOCCCN/C=C(/C#N)C(=O)NC1CCCCC1. The molecule has 0 radical (unpaired) electrons. The third-order valence-corrected chi connectivity index (χ3v) is 3.80. The number of nitrogens with one attached hydrogen (secondary N) is 2. The van der Waals surface area contributed by atoms with Gasteiger partial charge in [-0.15, -0.1) is 0 Å². The average molecular weight is 307 g/mol. The largest absolute Gasteiger partial charge is 0.390 e. The number of nitriles is 1. The van der Waals surface area contributed by atoms with Crippen molar-refractivity contribution in [3.05, 3.63) is 11.8 Å². The maximum absolute atomic E-state index is 12.0. The van der Waals surface area contributed by atoms with Crippen molar-refractivity contribution in [1.29, 1.82) is 5.26 Å². The molecule has 1 amide bonds. The minimum atomic E-state index is -0.263. The second-order valence-electron chi connectivity index (χ2n) is 5.75. The lowest BCUT2D eigenvalue weighted by atomic mass is 9.95. The minimum Gasteiger partial charge on any atom is -0.390 e. The van der Waals surface area contributed by atoms with Crippen molar-refractivity contribution in [3.63, 3.8) is 0 Å². The van der Waals surface area contributed by atoms with Crippen molar-refractivity contribution in [3.8, 4) is 6.07 Å². The first-order valence-corrected chi connectivity index (χ1v) is 8.50. The summed E-state index contributed by atoms with van der Waals surface area (Å²) in [6.07, 6.45) is 10.2. The van der Waals surface area contributed by atoms with Crippen LogP contribution >= 0.6 is 0 Å². The summed E-state index contributed by atoms with van der Waals surface area (Å²) in [4.78, 5) is 12.0. The molecule has 0 aliphatic heterocycles. The summed E-state index contributed by atoms with van der Waals surface area (Å²) in [7, 11) is 0. The molecule has 0 bridgehead atoms. The number of carbonyl (C=O) groups excluding carboxylic acids is 1. The third kappa shape index (κ3) is 8.04. The molecule has 1 saturated carbocycles. The van der Waals surface area contributed by atoms with Crippen LogP contribution in [0.2, 0.25) is 0 Å². The van der Waals surface area contributed by atoms with E-state index in [4.69, 9.17) is 10.00 Å². The van der Waals surface area contributed by atoms with Crippen LogP contribution in [0.3, 0.4) is 0 Å². The molecule has 124 valence electrons. The van der Waals surface area contributed by atoms with Gasteiger partial charge in [0, 0.05) is 32.0 Å². The summed E-state index contributed by atoms with van der Waals surface area (Å²) in [6, 6.07) is 2.19. The zero-order valence-corrected chi connectivity index (χ0v) is 13.7. The first-order valence-electron chi connectivity index (χ1n) is 8.50. The zero-order valence-electron chi connectivity index (χ0n) is 13.7. The first kappa shape index (κ1) is 18.5. The van der Waals surface area contributed by atoms with Crippen LogP contribution in [0.25, 0.3) is 0 Å². The molecule has 0 heterocycles. The second-order valence-corrected chi connectivity index (χ2v) is 5.75. The van der Waals surface area contributed by atoms with Gasteiger partial charge in [0.15, 0.2) is 0 Å². The number of ether oxygens (including phenoxy) is 1. The second kappa shape index (κ2) is 12.0. The zero-order chi connectivity index (χ0) is 16.0. The standard InChI is InChI=1S/C17H29N3O2/c1-2-3-11-22-12-7-10-19-14-15(13-18)17(21)20-16-8-5-4-6-9-16/h14,16,19H,2-12H2,1H3,(H,20,21)/b15-14-. The quantitative estimate of drug-likeness (QED) is 0.370. The lowest BCUT2D eigenvalue weighted by molar-refractivity contribution is -0.118. The Morgan fingerprint density at radius 1 is 1.27 bits per heavy atom. The highest BCUT2D eigenvalue weighted by atomic mass is 16.5. The smallest absolute Gasteiger partial charge is 0.263 e. The molecular formula is C17H29N3O2. The summed E-state index contributed by atoms with van der Waals surface area (Å²) >= 11 is 0. The molecule has 5 nitrogen and oxygen atoms in total. The lowest BCUT2D eigenvalue weighted by Gasteiger charge is -2.22. The fourth-order valence-electron chi connectivity index (χ4n) is 2.46. The molecule has 0 aromatic heterocycles. The number of hydrogen-bond donors (Lipinski definition) is 2. The van der Waals surface area contributed by atoms with Crippen molar-refractivity contribution in [2.75, 3.05) is 19.8 Å². The molecule has 0 aromatic rings. The van der Waals surface area contributed by atoms with Gasteiger partial charge in [0.1, 0.15) is 11.6 Å². The number of carbonyl (C=O) groups is 1. The minimum absolute atomic E-state index is 0.150. The maximum atomic E-state index is 12.0. The fraction of sp³-hybridized carbons (Fsp3) is 0.765. The summed E-state index contributed by atoms with van der Waals surface area (Å²) in [5, 5.41) is 15.1. The predicted octanol–water partition coefficient (Wildman–Crippen LogP) is 2.64. The van der Waals surface area contributed by atoms with Crippen LogP contribution in [0.1, 0.15) is 58.3 Å². The van der Waals surface area contributed by atoms with Gasteiger partial charge >= 0.3 is 0 Å². The Morgan fingerprint density at radius 3 is 2.68 bits per heavy atom. The van der Waals surface area contributed by atoms with Gasteiger partial charge in [-0.25, -0.2) is 0 Å². The molecule has 0 aromatic carbocycles. The molecule has 1 rings (SSSR count). The van der Waals surface area contributed by atoms with E-state index in [0.717, 1.165) is 51.6 Å². The molecule has 1 aliphatic rings. The van der Waals surface area contributed by atoms with E-state index in [-0.39, 0.29) is 17.5 Å². The van der Waals surface area contributed by atoms with Gasteiger partial charge in [-0.3, -0.25) is 4.79 Å². The topological polar surface area (TPSA) is 74.1 Å². The Bertz CT molecular complexity index is 382. The predicted molar refractivity (Wildman–Crippen MR) is 87.1 cm³/mol. The number of rotatable bonds is 10. The van der Waals surface area contributed by atoms with Crippen LogP contribution in [0.15, 0.2) is 11.8 Å². The highest BCUT2D eigenvalue weighted by molar-refractivity contribution is 5.97. The number of nitrogens with zero attached hydrogens (tertiary/aromatic N) is 1. The molecule has 0 spiro atoms. The van der Waals surface area contributed by atoms with Crippen molar-refractivity contribution in [1.82, 2.24) is 10.6 Å². The third-order valence-electron chi connectivity index (χ3n) is 3.80. The van der Waals surface area contributed by atoms with Crippen LogP contribution < -0.4 is 10.6 Å². The van der Waals surface area contributed by atoms with Gasteiger partial charge in [-0.1, -0.05) is 32.6 Å². The van der Waals surface area contributed by atoms with E-state index < -0.39 is 0 Å². The van der Waals surface area contributed by atoms with E-state index in [0.29, 0.717) is 13.2 Å². The van der Waals surface area contributed by atoms with E-state index in [1.807, 2.05) is 6.07 Å². The monoisotopic (exact) mass is 307 g/mol. The highest BCUT2D eigenvalue weighted by Crippen LogP contribution is 2.17. The normalized spacial score (nSPS) is 16.1. The van der Waals surface area contributed by atoms with Gasteiger partial charge in [0.05, 0.1) is 0 Å². The Balaban J connectivity index is 2.18. The van der Waals surface area contributed by atoms with Gasteiger partial charge in [-0.2, -0.15) is 5.26 Å². The Labute approximate surface area is 134 Å². The van der Waals surface area contributed by atoms with E-state index in [2.05, 4.69) is 17.6 Å². The summed E-state index contributed by atoms with van der Waals surface area (Å²) in [5.74, 6) is -0.263. The van der Waals surface area contributed by atoms with Crippen LogP contribution in [-0.2, 0) is 9.53 Å². The van der Waals surface area contributed by atoms with Crippen LogP contribution in [0.4, 0.5) is 0 Å². The number of unbranched alkanes of at least 4 members (excludes halogenated alkanes) is 1. The number of hydrogen-bond acceptors (Lipinski definition) is 4. The van der Waals surface area contributed by atoms with Crippen LogP contribution in [0.5, 0.6) is 0 Å². The molecule has 5 heteroatoms. The van der Waals surface area contributed by atoms with Crippen LogP contribution in [-0.4, -0.2) is 31.7 Å². The van der Waals surface area contributed by atoms with Crippen LogP contribution in [0, 0.1) is 11.3 Å². The summed E-state index contributed by atoms with van der Waals surface area (Å²) in [6.45, 7) is 4.35.